The van der Waals surface area contributed by atoms with E-state index in [1.165, 1.54) is 25.7 Å². The summed E-state index contributed by atoms with van der Waals surface area (Å²) in [4.78, 5) is 11.5. The number of rotatable bonds is 4. The number of nitrogens with one attached hydrogen (secondary N) is 1. The molecule has 0 aromatic heterocycles. The summed E-state index contributed by atoms with van der Waals surface area (Å²) in [6.07, 6.45) is 5.19. The average molecular weight is 232 g/mol. The second-order valence-corrected chi connectivity index (χ2v) is 5.25. The molecule has 3 unspecified atom stereocenters. The van der Waals surface area contributed by atoms with Crippen LogP contribution in [0.15, 0.2) is 0 Å². The van der Waals surface area contributed by atoms with Crippen molar-refractivity contribution < 1.29 is 4.79 Å². The van der Waals surface area contributed by atoms with Crippen molar-refractivity contribution in [3.8, 4) is 0 Å². The van der Waals surface area contributed by atoms with E-state index in [-0.39, 0.29) is 11.8 Å². The van der Waals surface area contributed by atoms with Gasteiger partial charge >= 0.3 is 0 Å². The van der Waals surface area contributed by atoms with Gasteiger partial charge < -0.3 is 5.32 Å². The number of halogens is 1. The van der Waals surface area contributed by atoms with E-state index in [1.807, 2.05) is 6.92 Å². The van der Waals surface area contributed by atoms with E-state index in [0.717, 1.165) is 12.5 Å². The van der Waals surface area contributed by atoms with Crippen molar-refractivity contribution in [1.82, 2.24) is 5.32 Å². The standard InChI is InChI=1S/C12H22ClNO/c1-9-4-3-5-11(6-9)8-14-12(15)10(2)7-13/h9-11H,3-8H2,1-2H3,(H,14,15). The largest absolute Gasteiger partial charge is 0.356 e. The molecule has 0 spiro atoms. The summed E-state index contributed by atoms with van der Waals surface area (Å²) in [6.45, 7) is 5.01. The van der Waals surface area contributed by atoms with E-state index >= 15 is 0 Å². The van der Waals surface area contributed by atoms with Crippen LogP contribution in [0.5, 0.6) is 0 Å². The van der Waals surface area contributed by atoms with Gasteiger partial charge in [-0.15, -0.1) is 11.6 Å². The molecule has 0 aliphatic heterocycles. The molecule has 2 nitrogen and oxygen atoms in total. The maximum Gasteiger partial charge on any atom is 0.224 e. The molecular weight excluding hydrogens is 210 g/mol. The molecule has 0 saturated heterocycles. The molecule has 1 amide bonds. The number of hydrogen-bond acceptors (Lipinski definition) is 1. The molecule has 1 saturated carbocycles. The Kier molecular flexibility index (Phi) is 5.44. The number of carbonyl (C=O) groups is 1. The van der Waals surface area contributed by atoms with Gasteiger partial charge in [0.2, 0.25) is 5.91 Å². The molecule has 1 rings (SSSR count). The zero-order valence-electron chi connectivity index (χ0n) is 9.76. The van der Waals surface area contributed by atoms with E-state index < -0.39 is 0 Å². The third-order valence-electron chi connectivity index (χ3n) is 3.29. The van der Waals surface area contributed by atoms with Crippen LogP contribution < -0.4 is 5.32 Å². The first kappa shape index (κ1) is 12.8. The van der Waals surface area contributed by atoms with E-state index in [0.29, 0.717) is 11.8 Å². The molecule has 1 fully saturated rings. The van der Waals surface area contributed by atoms with Gasteiger partial charge in [0.05, 0.1) is 0 Å². The van der Waals surface area contributed by atoms with Gasteiger partial charge in [0.15, 0.2) is 0 Å². The summed E-state index contributed by atoms with van der Waals surface area (Å²) in [6, 6.07) is 0. The molecule has 0 aromatic carbocycles. The Morgan fingerprint density at radius 1 is 1.53 bits per heavy atom. The van der Waals surface area contributed by atoms with E-state index in [4.69, 9.17) is 11.6 Å². The number of carbonyl (C=O) groups excluding carboxylic acids is 1. The SMILES string of the molecule is CC1CCCC(CNC(=O)C(C)CCl)C1. The van der Waals surface area contributed by atoms with Crippen molar-refractivity contribution >= 4 is 17.5 Å². The highest BCUT2D eigenvalue weighted by molar-refractivity contribution is 6.19. The van der Waals surface area contributed by atoms with Crippen LogP contribution in [-0.4, -0.2) is 18.3 Å². The van der Waals surface area contributed by atoms with Crippen molar-refractivity contribution in [3.05, 3.63) is 0 Å². The fourth-order valence-corrected chi connectivity index (χ4v) is 2.37. The predicted molar refractivity (Wildman–Crippen MR) is 64.0 cm³/mol. The lowest BCUT2D eigenvalue weighted by Gasteiger charge is -2.27. The number of amides is 1. The second kappa shape index (κ2) is 6.37. The summed E-state index contributed by atoms with van der Waals surface area (Å²) in [5, 5.41) is 3.00. The van der Waals surface area contributed by atoms with Crippen molar-refractivity contribution in [2.24, 2.45) is 17.8 Å². The molecule has 0 bridgehead atoms. The Balaban J connectivity index is 2.21. The van der Waals surface area contributed by atoms with E-state index in [1.54, 1.807) is 0 Å². The van der Waals surface area contributed by atoms with Crippen LogP contribution >= 0.6 is 11.6 Å². The van der Waals surface area contributed by atoms with Crippen molar-refractivity contribution in [2.45, 2.75) is 39.5 Å². The first-order valence-corrected chi connectivity index (χ1v) is 6.50. The van der Waals surface area contributed by atoms with Gasteiger partial charge in [-0.2, -0.15) is 0 Å². The Morgan fingerprint density at radius 3 is 2.87 bits per heavy atom. The summed E-state index contributed by atoms with van der Waals surface area (Å²) >= 11 is 5.63. The molecule has 0 radical (unpaired) electrons. The summed E-state index contributed by atoms with van der Waals surface area (Å²) in [5.41, 5.74) is 0. The zero-order chi connectivity index (χ0) is 11.3. The molecule has 15 heavy (non-hydrogen) atoms. The highest BCUT2D eigenvalue weighted by atomic mass is 35.5. The molecule has 3 heteroatoms. The van der Waals surface area contributed by atoms with Gasteiger partial charge in [-0.1, -0.05) is 26.7 Å². The zero-order valence-corrected chi connectivity index (χ0v) is 10.5. The molecule has 0 aromatic rings. The van der Waals surface area contributed by atoms with Gasteiger partial charge in [-0.3, -0.25) is 4.79 Å². The lowest BCUT2D eigenvalue weighted by Crippen LogP contribution is -2.35. The van der Waals surface area contributed by atoms with Gasteiger partial charge in [0.25, 0.3) is 0 Å². The number of hydrogen-bond donors (Lipinski definition) is 1. The highest BCUT2D eigenvalue weighted by Crippen LogP contribution is 2.27. The molecule has 1 N–H and O–H groups in total. The second-order valence-electron chi connectivity index (χ2n) is 4.94. The molecule has 3 atom stereocenters. The monoisotopic (exact) mass is 231 g/mol. The van der Waals surface area contributed by atoms with Gasteiger partial charge in [-0.05, 0) is 24.7 Å². The Labute approximate surface area is 97.8 Å². The Bertz CT molecular complexity index is 208. The molecule has 1 aliphatic carbocycles. The fraction of sp³-hybridized carbons (Fsp3) is 0.917. The maximum absolute atomic E-state index is 11.5. The summed E-state index contributed by atoms with van der Waals surface area (Å²) in [5.74, 6) is 1.95. The van der Waals surface area contributed by atoms with Crippen LogP contribution in [0.25, 0.3) is 0 Å². The van der Waals surface area contributed by atoms with Crippen LogP contribution in [0.1, 0.15) is 39.5 Å². The van der Waals surface area contributed by atoms with Crippen LogP contribution in [0, 0.1) is 17.8 Å². The van der Waals surface area contributed by atoms with Gasteiger partial charge in [-0.25, -0.2) is 0 Å². The molecular formula is C12H22ClNO. The first-order chi connectivity index (χ1) is 7.13. The van der Waals surface area contributed by atoms with Crippen LogP contribution in [-0.2, 0) is 4.79 Å². The quantitative estimate of drug-likeness (QED) is 0.741. The highest BCUT2D eigenvalue weighted by Gasteiger charge is 2.20. The molecule has 1 aliphatic rings. The van der Waals surface area contributed by atoms with Gasteiger partial charge in [0.1, 0.15) is 0 Å². The van der Waals surface area contributed by atoms with Gasteiger partial charge in [0, 0.05) is 18.3 Å². The lowest BCUT2D eigenvalue weighted by atomic mass is 9.82. The van der Waals surface area contributed by atoms with E-state index in [2.05, 4.69) is 12.2 Å². The van der Waals surface area contributed by atoms with Crippen LogP contribution in [0.3, 0.4) is 0 Å². The lowest BCUT2D eigenvalue weighted by molar-refractivity contribution is -0.124. The smallest absolute Gasteiger partial charge is 0.224 e. The summed E-state index contributed by atoms with van der Waals surface area (Å²) < 4.78 is 0. The topological polar surface area (TPSA) is 29.1 Å². The first-order valence-electron chi connectivity index (χ1n) is 5.97. The predicted octanol–water partition coefficient (Wildman–Crippen LogP) is 2.80. The summed E-state index contributed by atoms with van der Waals surface area (Å²) in [7, 11) is 0. The number of alkyl halides is 1. The maximum atomic E-state index is 11.5. The van der Waals surface area contributed by atoms with Crippen molar-refractivity contribution in [2.75, 3.05) is 12.4 Å². The van der Waals surface area contributed by atoms with E-state index in [9.17, 15) is 4.79 Å². The van der Waals surface area contributed by atoms with Crippen molar-refractivity contribution in [1.29, 1.82) is 0 Å². The average Bonchev–Trinajstić information content (AvgIpc) is 2.25. The molecule has 0 heterocycles. The minimum Gasteiger partial charge on any atom is -0.356 e. The minimum absolute atomic E-state index is 0.0623. The third-order valence-corrected chi connectivity index (χ3v) is 3.75. The Hall–Kier alpha value is -0.240. The molecule has 88 valence electrons. The van der Waals surface area contributed by atoms with Crippen LogP contribution in [0.2, 0.25) is 0 Å². The third kappa shape index (κ3) is 4.42. The fourth-order valence-electron chi connectivity index (χ4n) is 2.23. The normalized spacial score (nSPS) is 28.5. The Morgan fingerprint density at radius 2 is 2.27 bits per heavy atom. The van der Waals surface area contributed by atoms with Crippen LogP contribution in [0.4, 0.5) is 0 Å². The van der Waals surface area contributed by atoms with Crippen molar-refractivity contribution in [3.63, 3.8) is 0 Å². The minimum atomic E-state index is -0.0623.